The van der Waals surface area contributed by atoms with Crippen molar-refractivity contribution in [1.29, 1.82) is 0 Å². The monoisotopic (exact) mass is 304 g/mol. The molecule has 0 radical (unpaired) electrons. The molecule has 0 heterocycles. The number of rotatable bonds is 4. The molecule has 0 fully saturated rings. The standard InChI is InChI=1S/C20H17FN2/c1-15-7-10-18(13-20(15)21)17-11-8-16(9-12-17)14-22-23-19-5-3-2-4-6-19/h2-14,23H,1H3. The van der Waals surface area contributed by atoms with Crippen LogP contribution >= 0.6 is 0 Å². The molecule has 3 aromatic carbocycles. The van der Waals surface area contributed by atoms with Gasteiger partial charge < -0.3 is 0 Å². The normalized spacial score (nSPS) is 10.9. The Balaban J connectivity index is 1.70. The molecular weight excluding hydrogens is 287 g/mol. The van der Waals surface area contributed by atoms with Crippen molar-refractivity contribution in [2.45, 2.75) is 6.92 Å². The summed E-state index contributed by atoms with van der Waals surface area (Å²) in [5.74, 6) is -0.180. The molecule has 3 aromatic rings. The number of halogens is 1. The lowest BCUT2D eigenvalue weighted by Gasteiger charge is -2.04. The number of hydrogen-bond acceptors (Lipinski definition) is 2. The Hall–Kier alpha value is -2.94. The molecule has 0 saturated carbocycles. The van der Waals surface area contributed by atoms with Crippen LogP contribution in [0.5, 0.6) is 0 Å². The third-order valence-corrected chi connectivity index (χ3v) is 3.60. The van der Waals surface area contributed by atoms with Gasteiger partial charge in [-0.15, -0.1) is 0 Å². The highest BCUT2D eigenvalue weighted by Gasteiger charge is 2.02. The van der Waals surface area contributed by atoms with Crippen LogP contribution in [0, 0.1) is 12.7 Å². The molecule has 1 N–H and O–H groups in total. The first-order valence-corrected chi connectivity index (χ1v) is 7.43. The summed E-state index contributed by atoms with van der Waals surface area (Å²) in [6.07, 6.45) is 1.76. The van der Waals surface area contributed by atoms with Gasteiger partial charge in [0.15, 0.2) is 0 Å². The Morgan fingerprint density at radius 2 is 1.57 bits per heavy atom. The van der Waals surface area contributed by atoms with Crippen LogP contribution in [-0.2, 0) is 0 Å². The lowest BCUT2D eigenvalue weighted by atomic mass is 10.0. The maximum Gasteiger partial charge on any atom is 0.126 e. The molecule has 23 heavy (non-hydrogen) atoms. The molecule has 114 valence electrons. The SMILES string of the molecule is Cc1ccc(-c2ccc(C=NNc3ccccc3)cc2)cc1F. The zero-order chi connectivity index (χ0) is 16.1. The molecule has 0 aliphatic rings. The van der Waals surface area contributed by atoms with Crippen LogP contribution < -0.4 is 5.43 Å². The third kappa shape index (κ3) is 3.83. The second-order valence-electron chi connectivity index (χ2n) is 5.32. The fourth-order valence-corrected chi connectivity index (χ4v) is 2.23. The first kappa shape index (κ1) is 15.0. The van der Waals surface area contributed by atoms with E-state index in [0.29, 0.717) is 5.56 Å². The van der Waals surface area contributed by atoms with Crippen molar-refractivity contribution in [3.05, 3.63) is 89.7 Å². The third-order valence-electron chi connectivity index (χ3n) is 3.60. The van der Waals surface area contributed by atoms with Gasteiger partial charge in [-0.1, -0.05) is 54.6 Å². The molecule has 3 heteroatoms. The van der Waals surface area contributed by atoms with E-state index in [9.17, 15) is 4.39 Å². The molecule has 0 bridgehead atoms. The molecule has 0 aliphatic carbocycles. The van der Waals surface area contributed by atoms with Gasteiger partial charge in [-0.25, -0.2) is 4.39 Å². The van der Waals surface area contributed by atoms with Gasteiger partial charge in [-0.3, -0.25) is 5.43 Å². The van der Waals surface area contributed by atoms with Gasteiger partial charge in [0.05, 0.1) is 11.9 Å². The number of hydrogen-bond donors (Lipinski definition) is 1. The number of benzene rings is 3. The van der Waals surface area contributed by atoms with E-state index in [1.54, 1.807) is 25.3 Å². The number of aryl methyl sites for hydroxylation is 1. The predicted octanol–water partition coefficient (Wildman–Crippen LogP) is 5.25. The van der Waals surface area contributed by atoms with E-state index < -0.39 is 0 Å². The predicted molar refractivity (Wildman–Crippen MR) is 94.2 cm³/mol. The van der Waals surface area contributed by atoms with Gasteiger partial charge in [0, 0.05) is 0 Å². The number of para-hydroxylation sites is 1. The summed E-state index contributed by atoms with van der Waals surface area (Å²) in [6.45, 7) is 1.76. The van der Waals surface area contributed by atoms with Crippen molar-refractivity contribution in [2.75, 3.05) is 5.43 Å². The quantitative estimate of drug-likeness (QED) is 0.517. The van der Waals surface area contributed by atoms with Crippen LogP contribution in [0.3, 0.4) is 0 Å². The van der Waals surface area contributed by atoms with Crippen LogP contribution in [0.2, 0.25) is 0 Å². The van der Waals surface area contributed by atoms with Gasteiger partial charge in [-0.2, -0.15) is 5.10 Å². The number of anilines is 1. The van der Waals surface area contributed by atoms with Crippen LogP contribution in [-0.4, -0.2) is 6.21 Å². The summed E-state index contributed by atoms with van der Waals surface area (Å²) < 4.78 is 13.6. The molecule has 0 aliphatic heterocycles. The molecule has 0 spiro atoms. The Kier molecular flexibility index (Phi) is 4.48. The Bertz CT molecular complexity index is 809. The molecule has 2 nitrogen and oxygen atoms in total. The van der Waals surface area contributed by atoms with E-state index in [4.69, 9.17) is 0 Å². The summed E-state index contributed by atoms with van der Waals surface area (Å²) in [4.78, 5) is 0. The highest BCUT2D eigenvalue weighted by atomic mass is 19.1. The van der Waals surface area contributed by atoms with E-state index >= 15 is 0 Å². The van der Waals surface area contributed by atoms with Crippen molar-refractivity contribution in [1.82, 2.24) is 0 Å². The summed E-state index contributed by atoms with van der Waals surface area (Å²) in [5, 5.41) is 4.20. The first-order chi connectivity index (χ1) is 11.2. The minimum absolute atomic E-state index is 0.180. The van der Waals surface area contributed by atoms with Crippen molar-refractivity contribution in [2.24, 2.45) is 5.10 Å². The van der Waals surface area contributed by atoms with E-state index in [1.807, 2.05) is 60.7 Å². The second-order valence-corrected chi connectivity index (χ2v) is 5.32. The van der Waals surface area contributed by atoms with Crippen LogP contribution in [0.4, 0.5) is 10.1 Å². The van der Waals surface area contributed by atoms with Gasteiger partial charge in [0.1, 0.15) is 5.82 Å². The molecular formula is C20H17FN2. The average Bonchev–Trinajstić information content (AvgIpc) is 2.59. The first-order valence-electron chi connectivity index (χ1n) is 7.43. The van der Waals surface area contributed by atoms with Crippen LogP contribution in [0.15, 0.2) is 77.9 Å². The highest BCUT2D eigenvalue weighted by Crippen LogP contribution is 2.22. The van der Waals surface area contributed by atoms with Crippen LogP contribution in [0.1, 0.15) is 11.1 Å². The summed E-state index contributed by atoms with van der Waals surface area (Å²) in [5.41, 5.74) is 7.40. The molecule has 0 unspecified atom stereocenters. The van der Waals surface area contributed by atoms with Gasteiger partial charge >= 0.3 is 0 Å². The minimum Gasteiger partial charge on any atom is -0.279 e. The summed E-state index contributed by atoms with van der Waals surface area (Å²) >= 11 is 0. The fraction of sp³-hybridized carbons (Fsp3) is 0.0500. The topological polar surface area (TPSA) is 24.4 Å². The van der Waals surface area contributed by atoms with E-state index in [2.05, 4.69) is 10.5 Å². The van der Waals surface area contributed by atoms with Crippen molar-refractivity contribution in [3.8, 4) is 11.1 Å². The molecule has 0 saturated heterocycles. The molecule has 0 amide bonds. The number of nitrogens with zero attached hydrogens (tertiary/aromatic N) is 1. The number of nitrogens with one attached hydrogen (secondary N) is 1. The lowest BCUT2D eigenvalue weighted by molar-refractivity contribution is 0.619. The summed E-state index contributed by atoms with van der Waals surface area (Å²) in [6, 6.07) is 22.9. The van der Waals surface area contributed by atoms with Gasteiger partial charge in [0.2, 0.25) is 0 Å². The zero-order valence-electron chi connectivity index (χ0n) is 12.8. The number of hydrazone groups is 1. The van der Waals surface area contributed by atoms with Crippen LogP contribution in [0.25, 0.3) is 11.1 Å². The fourth-order valence-electron chi connectivity index (χ4n) is 2.23. The zero-order valence-corrected chi connectivity index (χ0v) is 12.8. The van der Waals surface area contributed by atoms with E-state index in [0.717, 1.165) is 22.4 Å². The molecule has 3 rings (SSSR count). The Labute approximate surface area is 135 Å². The maximum atomic E-state index is 13.6. The smallest absolute Gasteiger partial charge is 0.126 e. The second kappa shape index (κ2) is 6.88. The van der Waals surface area contributed by atoms with E-state index in [-0.39, 0.29) is 5.82 Å². The molecule has 0 aromatic heterocycles. The van der Waals surface area contributed by atoms with Gasteiger partial charge in [-0.05, 0) is 47.4 Å². The largest absolute Gasteiger partial charge is 0.279 e. The van der Waals surface area contributed by atoms with Crippen molar-refractivity contribution in [3.63, 3.8) is 0 Å². The maximum absolute atomic E-state index is 13.6. The lowest BCUT2D eigenvalue weighted by Crippen LogP contribution is -1.90. The Morgan fingerprint density at radius 3 is 2.26 bits per heavy atom. The van der Waals surface area contributed by atoms with Crippen molar-refractivity contribution < 1.29 is 4.39 Å². The summed E-state index contributed by atoms with van der Waals surface area (Å²) in [7, 11) is 0. The minimum atomic E-state index is -0.180. The highest BCUT2D eigenvalue weighted by molar-refractivity contribution is 5.81. The molecule has 0 atom stereocenters. The Morgan fingerprint density at radius 1 is 0.870 bits per heavy atom. The van der Waals surface area contributed by atoms with E-state index in [1.165, 1.54) is 0 Å². The van der Waals surface area contributed by atoms with Gasteiger partial charge in [0.25, 0.3) is 0 Å². The van der Waals surface area contributed by atoms with Crippen molar-refractivity contribution >= 4 is 11.9 Å². The average molecular weight is 304 g/mol.